The van der Waals surface area contributed by atoms with Gasteiger partial charge in [0.05, 0.1) is 21.0 Å². The Bertz CT molecular complexity index is 924. The van der Waals surface area contributed by atoms with Gasteiger partial charge in [-0.25, -0.2) is 8.42 Å². The zero-order chi connectivity index (χ0) is 21.4. The van der Waals surface area contributed by atoms with Crippen molar-refractivity contribution in [2.24, 2.45) is 0 Å². The fraction of sp³-hybridized carbons (Fsp3) is 0.350. The highest BCUT2D eigenvalue weighted by molar-refractivity contribution is 7.89. The number of hydrogen-bond donors (Lipinski definition) is 2. The molecular formula is C20H25Cl2N3O3S. The number of amides is 1. The number of sulfonamides is 1. The molecule has 2 rings (SSSR count). The van der Waals surface area contributed by atoms with Crippen LogP contribution in [-0.4, -0.2) is 45.4 Å². The molecule has 2 N–H and O–H groups in total. The summed E-state index contributed by atoms with van der Waals surface area (Å²) >= 11 is 11.7. The Morgan fingerprint density at radius 1 is 1.10 bits per heavy atom. The first-order valence-corrected chi connectivity index (χ1v) is 11.4. The largest absolute Gasteiger partial charge is 0.355 e. The van der Waals surface area contributed by atoms with Crippen molar-refractivity contribution in [3.05, 3.63) is 64.1 Å². The highest BCUT2D eigenvalue weighted by Gasteiger charge is 2.22. The molecule has 0 heterocycles. The van der Waals surface area contributed by atoms with Crippen molar-refractivity contribution in [2.75, 3.05) is 20.1 Å². The molecule has 0 unspecified atom stereocenters. The summed E-state index contributed by atoms with van der Waals surface area (Å²) in [6, 6.07) is 13.2. The Hall–Kier alpha value is -1.64. The van der Waals surface area contributed by atoms with Gasteiger partial charge in [-0.1, -0.05) is 53.5 Å². The molecule has 0 aliphatic heterocycles. The summed E-state index contributed by atoms with van der Waals surface area (Å²) in [5.41, 5.74) is 1.23. The van der Waals surface area contributed by atoms with Gasteiger partial charge in [-0.2, -0.15) is 4.72 Å². The highest BCUT2D eigenvalue weighted by Crippen LogP contribution is 2.24. The Morgan fingerprint density at radius 3 is 2.45 bits per heavy atom. The monoisotopic (exact) mass is 457 g/mol. The molecule has 1 atom stereocenters. The van der Waals surface area contributed by atoms with Crippen LogP contribution in [0.1, 0.15) is 18.9 Å². The van der Waals surface area contributed by atoms with Gasteiger partial charge in [0.2, 0.25) is 15.9 Å². The number of nitrogens with one attached hydrogen (secondary N) is 2. The van der Waals surface area contributed by atoms with E-state index in [1.54, 1.807) is 0 Å². The maximum Gasteiger partial charge on any atom is 0.241 e. The van der Waals surface area contributed by atoms with Gasteiger partial charge in [0, 0.05) is 13.1 Å². The first kappa shape index (κ1) is 23.6. The van der Waals surface area contributed by atoms with Crippen LogP contribution < -0.4 is 10.0 Å². The van der Waals surface area contributed by atoms with Crippen LogP contribution in [-0.2, 0) is 21.4 Å². The second-order valence-electron chi connectivity index (χ2n) is 6.79. The normalized spacial score (nSPS) is 12.7. The maximum atomic E-state index is 12.4. The molecule has 0 saturated heterocycles. The van der Waals surface area contributed by atoms with E-state index in [2.05, 4.69) is 27.1 Å². The van der Waals surface area contributed by atoms with Gasteiger partial charge in [-0.15, -0.1) is 0 Å². The molecule has 9 heteroatoms. The van der Waals surface area contributed by atoms with E-state index >= 15 is 0 Å². The van der Waals surface area contributed by atoms with Crippen LogP contribution in [0.4, 0.5) is 0 Å². The number of benzene rings is 2. The Balaban J connectivity index is 1.76. The van der Waals surface area contributed by atoms with Crippen LogP contribution in [0.15, 0.2) is 53.4 Å². The lowest BCUT2D eigenvalue weighted by Crippen LogP contribution is -2.45. The topological polar surface area (TPSA) is 78.5 Å². The Labute approximate surface area is 182 Å². The van der Waals surface area contributed by atoms with Crippen molar-refractivity contribution in [3.8, 4) is 0 Å². The third-order valence-electron chi connectivity index (χ3n) is 4.24. The molecule has 0 aliphatic carbocycles. The summed E-state index contributed by atoms with van der Waals surface area (Å²) in [4.78, 5) is 14.3. The fourth-order valence-electron chi connectivity index (χ4n) is 2.69. The zero-order valence-electron chi connectivity index (χ0n) is 16.4. The summed E-state index contributed by atoms with van der Waals surface area (Å²) in [5.74, 6) is -0.389. The number of carbonyl (C=O) groups is 1. The molecule has 0 radical (unpaired) electrons. The zero-order valence-corrected chi connectivity index (χ0v) is 18.7. The molecule has 0 fully saturated rings. The van der Waals surface area contributed by atoms with Gasteiger partial charge in [-0.05, 0) is 50.7 Å². The van der Waals surface area contributed by atoms with E-state index in [1.165, 1.54) is 30.7 Å². The van der Waals surface area contributed by atoms with Crippen LogP contribution in [0.3, 0.4) is 0 Å². The minimum atomic E-state index is -3.88. The first-order chi connectivity index (χ1) is 13.7. The van der Waals surface area contributed by atoms with Crippen molar-refractivity contribution >= 4 is 39.1 Å². The molecule has 0 bridgehead atoms. The van der Waals surface area contributed by atoms with Gasteiger partial charge in [0.25, 0.3) is 0 Å². The molecule has 158 valence electrons. The van der Waals surface area contributed by atoms with Crippen LogP contribution in [0, 0.1) is 0 Å². The number of halogens is 2. The van der Waals surface area contributed by atoms with E-state index in [4.69, 9.17) is 23.2 Å². The molecule has 2 aromatic carbocycles. The molecule has 29 heavy (non-hydrogen) atoms. The lowest BCUT2D eigenvalue weighted by Gasteiger charge is -2.18. The predicted octanol–water partition coefficient (Wildman–Crippen LogP) is 3.30. The second-order valence-corrected chi connectivity index (χ2v) is 9.32. The van der Waals surface area contributed by atoms with Crippen molar-refractivity contribution in [1.29, 1.82) is 0 Å². The summed E-state index contributed by atoms with van der Waals surface area (Å²) in [5, 5.41) is 3.15. The van der Waals surface area contributed by atoms with Crippen LogP contribution in [0.5, 0.6) is 0 Å². The Morgan fingerprint density at radius 2 is 1.79 bits per heavy atom. The summed E-state index contributed by atoms with van der Waals surface area (Å²) in [7, 11) is -1.87. The molecule has 2 aromatic rings. The van der Waals surface area contributed by atoms with Crippen molar-refractivity contribution in [1.82, 2.24) is 14.9 Å². The van der Waals surface area contributed by atoms with Crippen molar-refractivity contribution < 1.29 is 13.2 Å². The highest BCUT2D eigenvalue weighted by atomic mass is 35.5. The average molecular weight is 458 g/mol. The van der Waals surface area contributed by atoms with E-state index in [0.717, 1.165) is 19.5 Å². The summed E-state index contributed by atoms with van der Waals surface area (Å²) in [6.07, 6.45) is 0.751. The third-order valence-corrected chi connectivity index (χ3v) is 6.52. The molecule has 0 aliphatic rings. The molecule has 6 nitrogen and oxygen atoms in total. The van der Waals surface area contributed by atoms with E-state index in [9.17, 15) is 13.2 Å². The molecule has 0 aromatic heterocycles. The smallest absolute Gasteiger partial charge is 0.241 e. The van der Waals surface area contributed by atoms with Crippen LogP contribution >= 0.6 is 23.2 Å². The quantitative estimate of drug-likeness (QED) is 0.536. The summed E-state index contributed by atoms with van der Waals surface area (Å²) in [6.45, 7) is 3.58. The van der Waals surface area contributed by atoms with Crippen molar-refractivity contribution in [2.45, 2.75) is 30.8 Å². The lowest BCUT2D eigenvalue weighted by molar-refractivity contribution is -0.122. The lowest BCUT2D eigenvalue weighted by atomic mass is 10.2. The van der Waals surface area contributed by atoms with Gasteiger partial charge in [0.15, 0.2) is 0 Å². The van der Waals surface area contributed by atoms with Crippen LogP contribution in [0.2, 0.25) is 10.0 Å². The Kier molecular flexibility index (Phi) is 8.92. The number of hydrogen-bond acceptors (Lipinski definition) is 4. The predicted molar refractivity (Wildman–Crippen MR) is 117 cm³/mol. The van der Waals surface area contributed by atoms with Gasteiger partial charge < -0.3 is 10.2 Å². The second kappa shape index (κ2) is 10.9. The maximum absolute atomic E-state index is 12.4. The molecular weight excluding hydrogens is 433 g/mol. The fourth-order valence-corrected chi connectivity index (χ4v) is 4.28. The first-order valence-electron chi connectivity index (χ1n) is 9.16. The number of nitrogens with zero attached hydrogens (tertiary/aromatic N) is 1. The number of rotatable bonds is 10. The average Bonchev–Trinajstić information content (AvgIpc) is 2.67. The van der Waals surface area contributed by atoms with Gasteiger partial charge >= 0.3 is 0 Å². The van der Waals surface area contributed by atoms with E-state index < -0.39 is 16.1 Å². The van der Waals surface area contributed by atoms with E-state index in [1.807, 2.05) is 25.2 Å². The van der Waals surface area contributed by atoms with Gasteiger partial charge in [0.1, 0.15) is 0 Å². The minimum Gasteiger partial charge on any atom is -0.355 e. The van der Waals surface area contributed by atoms with E-state index in [-0.39, 0.29) is 20.8 Å². The minimum absolute atomic E-state index is 0.0471. The van der Waals surface area contributed by atoms with Crippen LogP contribution in [0.25, 0.3) is 0 Å². The number of carbonyl (C=O) groups excluding carboxylic acids is 1. The standard InChI is InChI=1S/C20H25Cl2N3O3S/c1-15(24-29(27,28)17-9-10-18(21)19(22)13-17)20(26)23-11-6-12-25(2)14-16-7-4-3-5-8-16/h3-5,7-10,13,15,24H,6,11-12,14H2,1-2H3,(H,23,26)/t15-/m0/s1. The molecule has 0 saturated carbocycles. The molecule has 1 amide bonds. The summed E-state index contributed by atoms with van der Waals surface area (Å²) < 4.78 is 27.2. The third kappa shape index (κ3) is 7.60. The molecule has 0 spiro atoms. The SMILES string of the molecule is C[C@H](NS(=O)(=O)c1ccc(Cl)c(Cl)c1)C(=O)NCCCN(C)Cc1ccccc1. The van der Waals surface area contributed by atoms with Gasteiger partial charge in [-0.3, -0.25) is 4.79 Å². The van der Waals surface area contributed by atoms with E-state index in [0.29, 0.717) is 6.54 Å². The van der Waals surface area contributed by atoms with Crippen molar-refractivity contribution in [3.63, 3.8) is 0 Å².